The number of hydrogen-bond acceptors (Lipinski definition) is 4. The van der Waals surface area contributed by atoms with Gasteiger partial charge in [-0.1, -0.05) is 25.1 Å². The van der Waals surface area contributed by atoms with E-state index in [0.29, 0.717) is 0 Å². The van der Waals surface area contributed by atoms with Crippen LogP contribution in [0.2, 0.25) is 0 Å². The predicted molar refractivity (Wildman–Crippen MR) is 66.6 cm³/mol. The van der Waals surface area contributed by atoms with Gasteiger partial charge >= 0.3 is 6.09 Å². The van der Waals surface area contributed by atoms with E-state index in [4.69, 9.17) is 4.74 Å². The maximum Gasteiger partial charge on any atom is 0.408 e. The number of nitrogens with one attached hydrogen (secondary N) is 1. The molecular weight excluding hydrogens is 226 g/mol. The standard InChI is InChI=1S/C11H21NO3S/c1-5-6-7-16-9(13)8-12-10(14)15-11(2,3)4/h5-8H2,1-4H3,(H,12,14). The third kappa shape index (κ3) is 9.83. The maximum absolute atomic E-state index is 11.3. The van der Waals surface area contributed by atoms with Crippen molar-refractivity contribution in [3.63, 3.8) is 0 Å². The van der Waals surface area contributed by atoms with Crippen molar-refractivity contribution in [1.82, 2.24) is 5.32 Å². The molecule has 94 valence electrons. The SMILES string of the molecule is CCCCSC(=O)CNC(=O)OC(C)(C)C. The van der Waals surface area contributed by atoms with Gasteiger partial charge in [-0.05, 0) is 27.2 Å². The van der Waals surface area contributed by atoms with Crippen LogP contribution in [-0.4, -0.2) is 29.1 Å². The van der Waals surface area contributed by atoms with Crippen molar-refractivity contribution >= 4 is 23.0 Å². The number of carbonyl (C=O) groups is 2. The first-order chi connectivity index (χ1) is 7.35. The van der Waals surface area contributed by atoms with Crippen LogP contribution in [0.5, 0.6) is 0 Å². The highest BCUT2D eigenvalue weighted by Crippen LogP contribution is 2.07. The molecule has 16 heavy (non-hydrogen) atoms. The van der Waals surface area contributed by atoms with E-state index < -0.39 is 11.7 Å². The van der Waals surface area contributed by atoms with Crippen LogP contribution in [0.3, 0.4) is 0 Å². The van der Waals surface area contributed by atoms with Gasteiger partial charge in [-0.25, -0.2) is 4.79 Å². The van der Waals surface area contributed by atoms with Gasteiger partial charge in [0, 0.05) is 5.75 Å². The summed E-state index contributed by atoms with van der Waals surface area (Å²) < 4.78 is 5.00. The highest BCUT2D eigenvalue weighted by Gasteiger charge is 2.16. The molecule has 0 aromatic heterocycles. The zero-order valence-electron chi connectivity index (χ0n) is 10.5. The average molecular weight is 247 g/mol. The van der Waals surface area contributed by atoms with Gasteiger partial charge in [0.2, 0.25) is 5.12 Å². The van der Waals surface area contributed by atoms with E-state index in [-0.39, 0.29) is 11.7 Å². The van der Waals surface area contributed by atoms with Crippen LogP contribution < -0.4 is 5.32 Å². The van der Waals surface area contributed by atoms with Crippen molar-refractivity contribution in [2.24, 2.45) is 0 Å². The topological polar surface area (TPSA) is 55.4 Å². The number of amides is 1. The molecule has 0 aliphatic carbocycles. The van der Waals surface area contributed by atoms with E-state index in [2.05, 4.69) is 12.2 Å². The van der Waals surface area contributed by atoms with Gasteiger partial charge in [0.1, 0.15) is 5.60 Å². The number of thioether (sulfide) groups is 1. The van der Waals surface area contributed by atoms with E-state index in [0.717, 1.165) is 18.6 Å². The lowest BCUT2D eigenvalue weighted by atomic mass is 10.2. The summed E-state index contributed by atoms with van der Waals surface area (Å²) in [6.07, 6.45) is 1.54. The number of rotatable bonds is 5. The lowest BCUT2D eigenvalue weighted by Crippen LogP contribution is -2.34. The number of unbranched alkanes of at least 4 members (excludes halogenated alkanes) is 1. The van der Waals surface area contributed by atoms with Crippen molar-refractivity contribution in [1.29, 1.82) is 0 Å². The summed E-state index contributed by atoms with van der Waals surface area (Å²) in [6, 6.07) is 0. The fourth-order valence-corrected chi connectivity index (χ4v) is 1.67. The molecule has 1 N–H and O–H groups in total. The Hall–Kier alpha value is -0.710. The van der Waals surface area contributed by atoms with E-state index in [1.807, 2.05) is 0 Å². The van der Waals surface area contributed by atoms with Crippen molar-refractivity contribution < 1.29 is 14.3 Å². The highest BCUT2D eigenvalue weighted by atomic mass is 32.2. The Morgan fingerprint density at radius 2 is 1.94 bits per heavy atom. The second-order valence-corrected chi connectivity index (χ2v) is 5.58. The molecule has 5 heteroatoms. The fourth-order valence-electron chi connectivity index (χ4n) is 0.840. The quantitative estimate of drug-likeness (QED) is 0.759. The van der Waals surface area contributed by atoms with Crippen molar-refractivity contribution in [2.45, 2.75) is 46.1 Å². The molecule has 1 amide bonds. The molecule has 0 fully saturated rings. The zero-order chi connectivity index (χ0) is 12.6. The molecule has 0 heterocycles. The molecule has 0 aliphatic rings. The van der Waals surface area contributed by atoms with E-state index >= 15 is 0 Å². The van der Waals surface area contributed by atoms with Gasteiger partial charge in [-0.2, -0.15) is 0 Å². The number of hydrogen-bond donors (Lipinski definition) is 1. The van der Waals surface area contributed by atoms with Crippen LogP contribution in [0.25, 0.3) is 0 Å². The minimum atomic E-state index is -0.544. The molecule has 4 nitrogen and oxygen atoms in total. The summed E-state index contributed by atoms with van der Waals surface area (Å²) in [5.41, 5.74) is -0.525. The summed E-state index contributed by atoms with van der Waals surface area (Å²) in [5.74, 6) is 0.811. The van der Waals surface area contributed by atoms with Gasteiger partial charge < -0.3 is 10.1 Å². The minimum Gasteiger partial charge on any atom is -0.444 e. The average Bonchev–Trinajstić information content (AvgIpc) is 2.12. The molecule has 0 rings (SSSR count). The van der Waals surface area contributed by atoms with E-state index in [1.165, 1.54) is 11.8 Å². The molecule has 0 unspecified atom stereocenters. The predicted octanol–water partition coefficient (Wildman–Crippen LogP) is 2.57. The lowest BCUT2D eigenvalue weighted by Gasteiger charge is -2.19. The number of alkyl carbamates (subject to hydrolysis) is 1. The Morgan fingerprint density at radius 3 is 2.44 bits per heavy atom. The molecule has 0 bridgehead atoms. The molecular formula is C11H21NO3S. The Bertz CT molecular complexity index is 236. The van der Waals surface area contributed by atoms with Crippen LogP contribution in [0.1, 0.15) is 40.5 Å². The molecule has 0 saturated heterocycles. The van der Waals surface area contributed by atoms with E-state index in [1.54, 1.807) is 20.8 Å². The Balaban J connectivity index is 3.63. The van der Waals surface area contributed by atoms with Crippen LogP contribution >= 0.6 is 11.8 Å². The monoisotopic (exact) mass is 247 g/mol. The minimum absolute atomic E-state index is 0.0284. The van der Waals surface area contributed by atoms with Gasteiger partial charge in [0.05, 0.1) is 6.54 Å². The molecule has 0 radical (unpaired) electrons. The van der Waals surface area contributed by atoms with Crippen molar-refractivity contribution in [3.05, 3.63) is 0 Å². The van der Waals surface area contributed by atoms with Crippen LogP contribution in [0.4, 0.5) is 4.79 Å². The second-order valence-electron chi connectivity index (χ2n) is 4.43. The summed E-state index contributed by atoms with van der Waals surface area (Å²) in [7, 11) is 0. The van der Waals surface area contributed by atoms with Gasteiger partial charge in [-0.3, -0.25) is 4.79 Å². The fraction of sp³-hybridized carbons (Fsp3) is 0.818. The number of carbonyl (C=O) groups excluding carboxylic acids is 2. The molecule has 0 aromatic rings. The summed E-state index contributed by atoms with van der Waals surface area (Å²) in [4.78, 5) is 22.5. The highest BCUT2D eigenvalue weighted by molar-refractivity contribution is 8.13. The Morgan fingerprint density at radius 1 is 1.31 bits per heavy atom. The molecule has 0 saturated carbocycles. The Labute approximate surface area is 101 Å². The maximum atomic E-state index is 11.3. The Kier molecular flexibility index (Phi) is 7.21. The normalized spacial score (nSPS) is 11.0. The van der Waals surface area contributed by atoms with Crippen LogP contribution in [0, 0.1) is 0 Å². The molecule has 0 aromatic carbocycles. The summed E-state index contributed by atoms with van der Waals surface area (Å²) in [6.45, 7) is 7.45. The lowest BCUT2D eigenvalue weighted by molar-refractivity contribution is -0.110. The third-order valence-electron chi connectivity index (χ3n) is 1.54. The first-order valence-electron chi connectivity index (χ1n) is 5.47. The molecule has 0 aliphatic heterocycles. The van der Waals surface area contributed by atoms with Gasteiger partial charge in [0.15, 0.2) is 0 Å². The summed E-state index contributed by atoms with van der Waals surface area (Å²) in [5, 5.41) is 2.41. The van der Waals surface area contributed by atoms with Gasteiger partial charge in [-0.15, -0.1) is 0 Å². The van der Waals surface area contributed by atoms with Crippen LogP contribution in [0.15, 0.2) is 0 Å². The van der Waals surface area contributed by atoms with Gasteiger partial charge in [0.25, 0.3) is 0 Å². The summed E-state index contributed by atoms with van der Waals surface area (Å²) >= 11 is 1.25. The first-order valence-corrected chi connectivity index (χ1v) is 6.46. The van der Waals surface area contributed by atoms with E-state index in [9.17, 15) is 9.59 Å². The first kappa shape index (κ1) is 15.3. The largest absolute Gasteiger partial charge is 0.444 e. The molecule has 0 spiro atoms. The smallest absolute Gasteiger partial charge is 0.408 e. The van der Waals surface area contributed by atoms with Crippen molar-refractivity contribution in [3.8, 4) is 0 Å². The second kappa shape index (κ2) is 7.54. The van der Waals surface area contributed by atoms with Crippen molar-refractivity contribution in [2.75, 3.05) is 12.3 Å². The zero-order valence-corrected chi connectivity index (χ0v) is 11.3. The number of ether oxygens (including phenoxy) is 1. The van der Waals surface area contributed by atoms with Crippen LogP contribution in [-0.2, 0) is 9.53 Å². The molecule has 0 atom stereocenters. The third-order valence-corrected chi connectivity index (χ3v) is 2.50.